The minimum atomic E-state index is -0.666. The molecule has 0 bridgehead atoms. The maximum atomic E-state index is 13.7. The van der Waals surface area contributed by atoms with Gasteiger partial charge in [-0.3, -0.25) is 4.79 Å². The smallest absolute Gasteiger partial charge is 0.256 e. The Bertz CT molecular complexity index is 644. The zero-order chi connectivity index (χ0) is 14.7. The maximum Gasteiger partial charge on any atom is 0.256 e. The molecule has 104 valence electrons. The van der Waals surface area contributed by atoms with Crippen LogP contribution in [0.1, 0.15) is 15.9 Å². The zero-order valence-corrected chi connectivity index (χ0v) is 10.9. The molecule has 3 nitrogen and oxygen atoms in total. The Morgan fingerprint density at radius 2 is 1.95 bits per heavy atom. The zero-order valence-electron chi connectivity index (χ0n) is 10.9. The summed E-state index contributed by atoms with van der Waals surface area (Å²) in [4.78, 5) is 13.4. The first kappa shape index (κ1) is 14.0. The number of hydrogen-bond acceptors (Lipinski definition) is 2. The van der Waals surface area contributed by atoms with Crippen molar-refractivity contribution in [1.29, 1.82) is 0 Å². The second-order valence-electron chi connectivity index (χ2n) is 4.53. The van der Waals surface area contributed by atoms with Crippen molar-refractivity contribution in [3.8, 4) is 0 Å². The van der Waals surface area contributed by atoms with Crippen LogP contribution in [0.25, 0.3) is 0 Å². The van der Waals surface area contributed by atoms with E-state index in [1.165, 1.54) is 36.2 Å². The first-order valence-corrected chi connectivity index (χ1v) is 6.02. The molecule has 0 aliphatic carbocycles. The van der Waals surface area contributed by atoms with Crippen LogP contribution in [0.15, 0.2) is 42.5 Å². The molecule has 5 heteroatoms. The maximum absolute atomic E-state index is 13.7. The van der Waals surface area contributed by atoms with Crippen LogP contribution in [-0.4, -0.2) is 17.9 Å². The second-order valence-corrected chi connectivity index (χ2v) is 4.53. The van der Waals surface area contributed by atoms with Crippen LogP contribution >= 0.6 is 0 Å². The van der Waals surface area contributed by atoms with Crippen LogP contribution in [0, 0.1) is 11.6 Å². The van der Waals surface area contributed by atoms with E-state index in [1.807, 2.05) is 0 Å². The highest BCUT2D eigenvalue weighted by Gasteiger charge is 2.16. The Morgan fingerprint density at radius 1 is 1.20 bits per heavy atom. The number of carbonyl (C=O) groups is 1. The van der Waals surface area contributed by atoms with Gasteiger partial charge in [0.05, 0.1) is 5.56 Å². The summed E-state index contributed by atoms with van der Waals surface area (Å²) < 4.78 is 26.7. The number of nitrogens with two attached hydrogens (primary N) is 1. The first-order valence-electron chi connectivity index (χ1n) is 6.02. The molecule has 2 aromatic rings. The summed E-state index contributed by atoms with van der Waals surface area (Å²) in [5.74, 6) is -1.52. The van der Waals surface area contributed by atoms with Crippen molar-refractivity contribution < 1.29 is 13.6 Å². The number of nitrogen functional groups attached to an aromatic ring is 1. The van der Waals surface area contributed by atoms with E-state index in [0.717, 1.165) is 6.07 Å². The average molecular weight is 276 g/mol. The van der Waals surface area contributed by atoms with E-state index in [4.69, 9.17) is 5.73 Å². The molecular formula is C15H14F2N2O. The summed E-state index contributed by atoms with van der Waals surface area (Å²) in [6, 6.07) is 9.83. The van der Waals surface area contributed by atoms with Crippen molar-refractivity contribution in [2.24, 2.45) is 0 Å². The highest BCUT2D eigenvalue weighted by atomic mass is 19.1. The number of amides is 1. The molecule has 0 radical (unpaired) electrons. The number of halogens is 2. The number of nitrogens with zero attached hydrogens (tertiary/aromatic N) is 1. The molecular weight excluding hydrogens is 262 g/mol. The van der Waals surface area contributed by atoms with Gasteiger partial charge in [-0.05, 0) is 35.9 Å². The Hall–Kier alpha value is -2.43. The highest BCUT2D eigenvalue weighted by molar-refractivity contribution is 5.94. The highest BCUT2D eigenvalue weighted by Crippen LogP contribution is 2.15. The molecule has 0 fully saturated rings. The molecule has 0 aliphatic heterocycles. The molecule has 0 saturated carbocycles. The van der Waals surface area contributed by atoms with Gasteiger partial charge in [0.2, 0.25) is 0 Å². The van der Waals surface area contributed by atoms with Gasteiger partial charge in [0.1, 0.15) is 11.6 Å². The molecule has 0 spiro atoms. The van der Waals surface area contributed by atoms with Crippen LogP contribution in [-0.2, 0) is 6.54 Å². The Morgan fingerprint density at radius 3 is 2.60 bits per heavy atom. The SMILES string of the molecule is CN(Cc1cccc(F)c1)C(=O)c1ccc(N)cc1F. The van der Waals surface area contributed by atoms with Gasteiger partial charge < -0.3 is 10.6 Å². The quantitative estimate of drug-likeness (QED) is 0.876. The molecule has 2 rings (SSSR count). The first-order chi connectivity index (χ1) is 9.47. The number of rotatable bonds is 3. The van der Waals surface area contributed by atoms with Gasteiger partial charge in [0.15, 0.2) is 0 Å². The molecule has 0 atom stereocenters. The van der Waals surface area contributed by atoms with Crippen molar-refractivity contribution in [3.05, 3.63) is 65.2 Å². The van der Waals surface area contributed by atoms with E-state index in [1.54, 1.807) is 12.1 Å². The van der Waals surface area contributed by atoms with Crippen molar-refractivity contribution in [2.75, 3.05) is 12.8 Å². The molecule has 0 heterocycles. The minimum Gasteiger partial charge on any atom is -0.399 e. The number of anilines is 1. The average Bonchev–Trinajstić information content (AvgIpc) is 2.38. The van der Waals surface area contributed by atoms with Crippen LogP contribution in [0.3, 0.4) is 0 Å². The standard InChI is InChI=1S/C15H14F2N2O/c1-19(9-10-3-2-4-11(16)7-10)15(20)13-6-5-12(18)8-14(13)17/h2-8H,9,18H2,1H3. The third-order valence-corrected chi connectivity index (χ3v) is 2.88. The fourth-order valence-corrected chi connectivity index (χ4v) is 1.89. The minimum absolute atomic E-state index is 0.0573. The number of hydrogen-bond donors (Lipinski definition) is 1. The predicted octanol–water partition coefficient (Wildman–Crippen LogP) is 2.82. The molecule has 0 aromatic heterocycles. The van der Waals surface area contributed by atoms with Crippen LogP contribution < -0.4 is 5.73 Å². The van der Waals surface area contributed by atoms with E-state index in [0.29, 0.717) is 5.56 Å². The molecule has 20 heavy (non-hydrogen) atoms. The molecule has 1 amide bonds. The molecule has 0 saturated heterocycles. The van der Waals surface area contributed by atoms with Gasteiger partial charge in [-0.15, -0.1) is 0 Å². The summed E-state index contributed by atoms with van der Waals surface area (Å²) in [5, 5.41) is 0. The lowest BCUT2D eigenvalue weighted by Crippen LogP contribution is -2.27. The van der Waals surface area contributed by atoms with Gasteiger partial charge in [0.25, 0.3) is 5.91 Å². The fraction of sp³-hybridized carbons (Fsp3) is 0.133. The predicted molar refractivity (Wildman–Crippen MR) is 73.0 cm³/mol. The normalized spacial score (nSPS) is 10.3. The van der Waals surface area contributed by atoms with Crippen molar-refractivity contribution in [3.63, 3.8) is 0 Å². The molecule has 2 N–H and O–H groups in total. The van der Waals surface area contributed by atoms with Crippen molar-refractivity contribution in [1.82, 2.24) is 4.90 Å². The van der Waals surface area contributed by atoms with Gasteiger partial charge in [-0.25, -0.2) is 8.78 Å². The van der Waals surface area contributed by atoms with E-state index >= 15 is 0 Å². The number of carbonyl (C=O) groups excluding carboxylic acids is 1. The summed E-state index contributed by atoms with van der Waals surface area (Å²) in [7, 11) is 1.53. The van der Waals surface area contributed by atoms with Gasteiger partial charge in [-0.2, -0.15) is 0 Å². The third-order valence-electron chi connectivity index (χ3n) is 2.88. The molecule has 2 aromatic carbocycles. The Balaban J connectivity index is 2.16. The van der Waals surface area contributed by atoms with Crippen LogP contribution in [0.4, 0.5) is 14.5 Å². The topological polar surface area (TPSA) is 46.3 Å². The van der Waals surface area contributed by atoms with Gasteiger partial charge in [0, 0.05) is 19.3 Å². The lowest BCUT2D eigenvalue weighted by molar-refractivity contribution is 0.0780. The fourth-order valence-electron chi connectivity index (χ4n) is 1.89. The van der Waals surface area contributed by atoms with Crippen LogP contribution in [0.5, 0.6) is 0 Å². The van der Waals surface area contributed by atoms with Gasteiger partial charge >= 0.3 is 0 Å². The van der Waals surface area contributed by atoms with E-state index < -0.39 is 11.7 Å². The third kappa shape index (κ3) is 3.12. The van der Waals surface area contributed by atoms with Crippen molar-refractivity contribution >= 4 is 11.6 Å². The summed E-state index contributed by atoms with van der Waals surface area (Å²) in [5.41, 5.74) is 6.27. The molecule has 0 aliphatic rings. The van der Waals surface area contributed by atoms with Crippen molar-refractivity contribution in [2.45, 2.75) is 6.54 Å². The largest absolute Gasteiger partial charge is 0.399 e. The summed E-state index contributed by atoms with van der Waals surface area (Å²) >= 11 is 0. The summed E-state index contributed by atoms with van der Waals surface area (Å²) in [6.07, 6.45) is 0. The Kier molecular flexibility index (Phi) is 3.98. The number of benzene rings is 2. The monoisotopic (exact) mass is 276 g/mol. The summed E-state index contributed by atoms with van der Waals surface area (Å²) in [6.45, 7) is 0.195. The lowest BCUT2D eigenvalue weighted by atomic mass is 10.1. The van der Waals surface area contributed by atoms with E-state index in [9.17, 15) is 13.6 Å². The van der Waals surface area contributed by atoms with E-state index in [-0.39, 0.29) is 23.6 Å². The lowest BCUT2D eigenvalue weighted by Gasteiger charge is -2.18. The Labute approximate surface area is 115 Å². The van der Waals surface area contributed by atoms with E-state index in [2.05, 4.69) is 0 Å². The van der Waals surface area contributed by atoms with Crippen LogP contribution in [0.2, 0.25) is 0 Å². The second kappa shape index (κ2) is 5.69. The van der Waals surface area contributed by atoms with Gasteiger partial charge in [-0.1, -0.05) is 12.1 Å². The molecule has 0 unspecified atom stereocenters.